The van der Waals surface area contributed by atoms with E-state index in [4.69, 9.17) is 38.9 Å². The van der Waals surface area contributed by atoms with E-state index in [1.165, 1.54) is 156 Å². The molecule has 8 aliphatic heterocycles. The van der Waals surface area contributed by atoms with E-state index in [-0.39, 0.29) is 0 Å². The predicted molar refractivity (Wildman–Crippen MR) is 595 cm³/mol. The molecule has 2 aliphatic carbocycles. The summed E-state index contributed by atoms with van der Waals surface area (Å²) < 4.78 is 25.2. The number of hydrogen-bond acceptors (Lipinski definition) is 12. The fourth-order valence-electron chi connectivity index (χ4n) is 21.5. The lowest BCUT2D eigenvalue weighted by Crippen LogP contribution is -2.10. The van der Waals surface area contributed by atoms with Crippen LogP contribution < -0.4 is 18.9 Å². The molecule has 0 radical (unpaired) electrons. The highest BCUT2D eigenvalue weighted by Gasteiger charge is 2.33. The molecule has 24 rings (SSSR count). The maximum Gasteiger partial charge on any atom is 0.128 e. The minimum Gasteiger partial charge on any atom is -0.488 e. The molecule has 0 amide bonds. The average Bonchev–Trinajstić information content (AvgIpc) is 1.41. The summed E-state index contributed by atoms with van der Waals surface area (Å²) in [5.74, 6) is 7.78. The molecule has 4 aromatic heterocycles. The highest BCUT2D eigenvalue weighted by Crippen LogP contribution is 2.52. The van der Waals surface area contributed by atoms with Gasteiger partial charge in [0, 0.05) is 145 Å². The van der Waals surface area contributed by atoms with Gasteiger partial charge in [0.25, 0.3) is 0 Å². The summed E-state index contributed by atoms with van der Waals surface area (Å²) in [4.78, 5) is 51.8. The van der Waals surface area contributed by atoms with Crippen molar-refractivity contribution in [1.29, 1.82) is 0 Å². The molecule has 14 aromatic rings. The first-order chi connectivity index (χ1) is 70.9. The number of nitrogens with zero attached hydrogens (tertiary/aromatic N) is 8. The van der Waals surface area contributed by atoms with Gasteiger partial charge in [-0.05, 0) is 296 Å². The van der Waals surface area contributed by atoms with Crippen LogP contribution in [0.1, 0.15) is 237 Å². The molecule has 16 heteroatoms. The molecular weight excluding hydrogens is 1770 g/mol. The zero-order chi connectivity index (χ0) is 97.9. The maximum atomic E-state index is 6.33. The number of allylic oxidation sites excluding steroid dienone is 20. The fraction of sp³-hybridized carbons (Fsp3) is 0.281. The minimum atomic E-state index is 0.570. The Labute approximate surface area is 846 Å². The van der Waals surface area contributed by atoms with Gasteiger partial charge in [0.1, 0.15) is 72.7 Å². The summed E-state index contributed by atoms with van der Waals surface area (Å²) in [6, 6.07) is 53.7. The Bertz CT molecular complexity index is 7300. The van der Waals surface area contributed by atoms with Gasteiger partial charge in [0.15, 0.2) is 0 Å². The third-order valence-corrected chi connectivity index (χ3v) is 28.9. The van der Waals surface area contributed by atoms with Crippen molar-refractivity contribution in [3.63, 3.8) is 0 Å². The van der Waals surface area contributed by atoms with Gasteiger partial charge in [-0.15, -0.1) is 0 Å². The molecule has 0 saturated heterocycles. The van der Waals surface area contributed by atoms with E-state index >= 15 is 0 Å². The van der Waals surface area contributed by atoms with Crippen molar-refractivity contribution in [2.75, 3.05) is 0 Å². The van der Waals surface area contributed by atoms with Crippen LogP contribution in [0.15, 0.2) is 299 Å². The highest BCUT2D eigenvalue weighted by molar-refractivity contribution is 6.07. The number of H-pyrrole nitrogens is 4. The van der Waals surface area contributed by atoms with Crippen molar-refractivity contribution >= 4 is 66.9 Å². The number of aromatic amines is 4. The first kappa shape index (κ1) is 95.0. The molecule has 0 bridgehead atoms. The number of aryl methyl sites for hydroxylation is 2. The Morgan fingerprint density at radius 1 is 0.250 bits per heavy atom. The number of aliphatic imine (C=N–C) groups is 4. The number of nitrogens with one attached hydrogen (secondary N) is 4. The van der Waals surface area contributed by atoms with Gasteiger partial charge in [0.2, 0.25) is 0 Å². The molecule has 10 aromatic carbocycles. The average molecular weight is 1900 g/mol. The second-order valence-corrected chi connectivity index (χ2v) is 38.8. The van der Waals surface area contributed by atoms with E-state index in [0.29, 0.717) is 26.4 Å². The number of aromatic nitrogens is 8. The quantitative estimate of drug-likeness (QED) is 0.0347. The molecule has 16 nitrogen and oxygen atoms in total. The molecule has 0 fully saturated rings. The Morgan fingerprint density at radius 2 is 0.562 bits per heavy atom. The Kier molecular flexibility index (Phi) is 28.9. The number of ether oxygens (including phenoxy) is 4. The molecule has 12 heterocycles. The second kappa shape index (κ2) is 43.7. The smallest absolute Gasteiger partial charge is 0.128 e. The van der Waals surface area contributed by atoms with Gasteiger partial charge < -0.3 is 38.9 Å². The number of hydrogen-bond donors (Lipinski definition) is 4. The molecule has 10 aliphatic rings. The van der Waals surface area contributed by atoms with Gasteiger partial charge in [-0.1, -0.05) is 201 Å². The minimum absolute atomic E-state index is 0.570. The topological polar surface area (TPSA) is 201 Å². The molecule has 0 unspecified atom stereocenters. The Morgan fingerprint density at radius 3 is 0.972 bits per heavy atom. The molecule has 144 heavy (non-hydrogen) atoms. The van der Waals surface area contributed by atoms with Gasteiger partial charge in [-0.2, -0.15) is 0 Å². The summed E-state index contributed by atoms with van der Waals surface area (Å²) in [6.45, 7) is 19.6. The maximum absolute atomic E-state index is 6.33. The zero-order valence-electron chi connectivity index (χ0n) is 84.4. The van der Waals surface area contributed by atoms with Crippen molar-refractivity contribution < 1.29 is 18.9 Å². The van der Waals surface area contributed by atoms with Crippen LogP contribution in [0.25, 0.3) is 122 Å². The first-order valence-corrected chi connectivity index (χ1v) is 52.6. The van der Waals surface area contributed by atoms with Crippen molar-refractivity contribution in [3.8, 4) is 113 Å². The SMILES string of the molecule is CCC=CCC1=NC2=C(C1)c1cc3c(cc1CC2)-c1ccc(-c2cnc(CC=CCC)[nH]2)cc1CO3.CCC=CCC1=NC2=C(C1)c1cc3c(cc1CC2)-c1ccc(-c2cnc(CC=CCC)[nH]2)cc1OC3.CCC=CCC1=Nc2ccc3cc4c(cc3c2C1)COc1cc(-c2cnc(CC=CCC)[nH]2)ccc1-4.CCC=CCC1=Nc2ccc3cc4c(cc3c2C1)OCc1cc(-c2cnc(CC=CCC)[nH]2)ccc1-4. The van der Waals surface area contributed by atoms with E-state index < -0.39 is 0 Å². The third-order valence-electron chi connectivity index (χ3n) is 28.9. The number of imidazole rings is 4. The summed E-state index contributed by atoms with van der Waals surface area (Å²) in [6.07, 6.45) is 66.5. The van der Waals surface area contributed by atoms with E-state index in [1.54, 1.807) is 0 Å². The van der Waals surface area contributed by atoms with Crippen LogP contribution in [-0.4, -0.2) is 62.7 Å². The van der Waals surface area contributed by atoms with Gasteiger partial charge in [-0.3, -0.25) is 20.0 Å². The van der Waals surface area contributed by atoms with E-state index in [0.717, 1.165) is 268 Å². The first-order valence-electron chi connectivity index (χ1n) is 52.6. The van der Waals surface area contributed by atoms with Gasteiger partial charge in [-0.25, -0.2) is 19.9 Å². The van der Waals surface area contributed by atoms with Gasteiger partial charge >= 0.3 is 0 Å². The lowest BCUT2D eigenvalue weighted by atomic mass is 9.83. The molecule has 0 atom stereocenters. The van der Waals surface area contributed by atoms with Crippen LogP contribution in [-0.2, 0) is 77.8 Å². The van der Waals surface area contributed by atoms with Crippen LogP contribution in [0.4, 0.5) is 11.4 Å². The molecule has 724 valence electrons. The molecule has 4 N–H and O–H groups in total. The van der Waals surface area contributed by atoms with Crippen LogP contribution in [0.3, 0.4) is 0 Å². The summed E-state index contributed by atoms with van der Waals surface area (Å²) in [5.41, 5.74) is 44.4. The Hall–Kier alpha value is -15.2. The number of fused-ring (bicyclic) bond motifs is 22. The standard InChI is InChI=1S/C32H33N3O.C32H31N3O.C32H33N3O.C32H31N3O/c2*1-3-5-7-9-24-17-27-26-18-31-28(16-21(26)12-14-29(27)34-24)25-13-11-22(15-23(25)20-36-31)30-19-33-32(35-30)10-8-6-4-2;2*1-3-5-7-9-24-18-28-26-16-23-20-36-31-17-22(30-19-33-32(35-30)10-8-6-4-2)11-13-25(31)27(23)15-21(26)12-14-29(28)34-24/h5-8,11,13,15-16,18-19H,3-4,9-10,12,14,17,20H2,1-2H3,(H,33,35);5-8,11-16,18-19H,3-4,9-10,17,20H2,1-2H3,(H,33,35);5-8,11,13,15-17,19H,3-4,9-10,12,14,18,20H2,1-2H3,(H,33,35);5-8,11-17,19H,3-4,9-10,18,20H2,1-2H3,(H,33,35). The largest absolute Gasteiger partial charge is 0.488 e. The van der Waals surface area contributed by atoms with Crippen LogP contribution in [0.2, 0.25) is 0 Å². The van der Waals surface area contributed by atoms with Crippen LogP contribution >= 0.6 is 0 Å². The lowest BCUT2D eigenvalue weighted by Gasteiger charge is -2.26. The van der Waals surface area contributed by atoms with Crippen molar-refractivity contribution in [2.24, 2.45) is 20.0 Å². The fourth-order valence-corrected chi connectivity index (χ4v) is 21.5. The number of rotatable bonds is 28. The van der Waals surface area contributed by atoms with E-state index in [2.05, 4.69) is 338 Å². The van der Waals surface area contributed by atoms with Crippen molar-refractivity contribution in [1.82, 2.24) is 39.9 Å². The zero-order valence-corrected chi connectivity index (χ0v) is 84.4. The van der Waals surface area contributed by atoms with Gasteiger partial charge in [0.05, 0.1) is 58.9 Å². The highest BCUT2D eigenvalue weighted by atomic mass is 16.5. The van der Waals surface area contributed by atoms with Crippen molar-refractivity contribution in [2.45, 2.75) is 236 Å². The lowest BCUT2D eigenvalue weighted by molar-refractivity contribution is 0.302. The molecule has 0 spiro atoms. The molecule has 0 saturated carbocycles. The third kappa shape index (κ3) is 20.5. The van der Waals surface area contributed by atoms with E-state index in [9.17, 15) is 0 Å². The number of benzene rings is 10. The van der Waals surface area contributed by atoms with Crippen molar-refractivity contribution in [3.05, 3.63) is 358 Å². The molecular formula is C128H128N12O4. The van der Waals surface area contributed by atoms with Crippen LogP contribution in [0.5, 0.6) is 23.0 Å². The summed E-state index contributed by atoms with van der Waals surface area (Å²) in [7, 11) is 0. The Balaban J connectivity index is 0.000000113. The van der Waals surface area contributed by atoms with E-state index in [1.807, 2.05) is 24.8 Å². The summed E-state index contributed by atoms with van der Waals surface area (Å²) in [5, 5.41) is 5.07. The normalized spacial score (nSPS) is 15.2. The van der Waals surface area contributed by atoms with Crippen LogP contribution in [0, 0.1) is 0 Å². The monoisotopic (exact) mass is 1900 g/mol. The summed E-state index contributed by atoms with van der Waals surface area (Å²) >= 11 is 0. The second-order valence-electron chi connectivity index (χ2n) is 38.8. The predicted octanol–water partition coefficient (Wildman–Crippen LogP) is 32.6.